The van der Waals surface area contributed by atoms with Crippen LogP contribution in [0.5, 0.6) is 0 Å². The summed E-state index contributed by atoms with van der Waals surface area (Å²) in [7, 11) is 0. The summed E-state index contributed by atoms with van der Waals surface area (Å²) in [6, 6.07) is 23.0. The molecule has 5 rings (SSSR count). The predicted molar refractivity (Wildman–Crippen MR) is 139 cm³/mol. The van der Waals surface area contributed by atoms with Gasteiger partial charge in [0.2, 0.25) is 0 Å². The van der Waals surface area contributed by atoms with E-state index in [9.17, 15) is 24.8 Å². The Hall–Kier alpha value is -4.95. The molecule has 1 aliphatic rings. The van der Waals surface area contributed by atoms with Gasteiger partial charge in [-0.3, -0.25) is 19.8 Å². The number of carboxylic acids is 1. The van der Waals surface area contributed by atoms with E-state index in [1.54, 1.807) is 42.5 Å². The number of benzene rings is 3. The van der Waals surface area contributed by atoms with Crippen LogP contribution in [0.2, 0.25) is 5.02 Å². The minimum Gasteiger partial charge on any atom is -0.478 e. The third-order valence-electron chi connectivity index (χ3n) is 5.78. The molecule has 1 aliphatic heterocycles. The number of rotatable bonds is 6. The molecule has 0 saturated carbocycles. The summed E-state index contributed by atoms with van der Waals surface area (Å²) < 4.78 is 5.89. The molecular weight excluding hydrogens is 496 g/mol. The summed E-state index contributed by atoms with van der Waals surface area (Å²) in [6.07, 6.45) is 3.30. The molecule has 9 heteroatoms. The van der Waals surface area contributed by atoms with Crippen LogP contribution < -0.4 is 4.90 Å². The van der Waals surface area contributed by atoms with Gasteiger partial charge in [0.25, 0.3) is 11.6 Å². The highest BCUT2D eigenvalue weighted by Crippen LogP contribution is 2.37. The second-order valence-corrected chi connectivity index (χ2v) is 8.52. The Morgan fingerprint density at radius 3 is 2.38 bits per heavy atom. The van der Waals surface area contributed by atoms with Crippen molar-refractivity contribution in [2.45, 2.75) is 0 Å². The van der Waals surface area contributed by atoms with E-state index in [0.29, 0.717) is 34.0 Å². The number of anilines is 1. The van der Waals surface area contributed by atoms with Crippen molar-refractivity contribution in [1.29, 1.82) is 0 Å². The van der Waals surface area contributed by atoms with Crippen molar-refractivity contribution in [3.63, 3.8) is 0 Å². The van der Waals surface area contributed by atoms with Crippen LogP contribution in [0, 0.1) is 10.1 Å². The van der Waals surface area contributed by atoms with Gasteiger partial charge >= 0.3 is 5.97 Å². The van der Waals surface area contributed by atoms with E-state index in [4.69, 9.17) is 16.0 Å². The predicted octanol–water partition coefficient (Wildman–Crippen LogP) is 6.68. The number of carbonyl (C=O) groups is 2. The molecular formula is C28H17ClN2O6. The Morgan fingerprint density at radius 1 is 0.973 bits per heavy atom. The Morgan fingerprint density at radius 2 is 1.70 bits per heavy atom. The summed E-state index contributed by atoms with van der Waals surface area (Å²) in [4.78, 5) is 37.1. The largest absolute Gasteiger partial charge is 0.478 e. The Balaban J connectivity index is 1.53. The first-order chi connectivity index (χ1) is 17.8. The number of amides is 1. The smallest absolute Gasteiger partial charge is 0.337 e. The average molecular weight is 513 g/mol. The number of furan rings is 1. The number of hydrogen-bond donors (Lipinski definition) is 1. The maximum absolute atomic E-state index is 13.6. The first-order valence-corrected chi connectivity index (χ1v) is 11.4. The van der Waals surface area contributed by atoms with Gasteiger partial charge in [-0.25, -0.2) is 4.79 Å². The van der Waals surface area contributed by atoms with E-state index in [-0.39, 0.29) is 22.2 Å². The molecule has 0 radical (unpaired) electrons. The van der Waals surface area contributed by atoms with Crippen molar-refractivity contribution in [1.82, 2.24) is 0 Å². The second-order valence-electron chi connectivity index (χ2n) is 8.11. The summed E-state index contributed by atoms with van der Waals surface area (Å²) in [5.74, 6) is -0.677. The van der Waals surface area contributed by atoms with Crippen LogP contribution in [-0.2, 0) is 4.79 Å². The Kier molecular flexibility index (Phi) is 6.17. The molecule has 0 fully saturated rings. The molecule has 0 atom stereocenters. The van der Waals surface area contributed by atoms with Gasteiger partial charge in [-0.15, -0.1) is 0 Å². The van der Waals surface area contributed by atoms with E-state index in [1.807, 2.05) is 30.3 Å². The van der Waals surface area contributed by atoms with Gasteiger partial charge in [-0.2, -0.15) is 0 Å². The molecule has 0 saturated heterocycles. The molecule has 8 nitrogen and oxygen atoms in total. The highest BCUT2D eigenvalue weighted by molar-refractivity contribution is 6.34. The number of nitro groups is 1. The molecule has 1 amide bonds. The van der Waals surface area contributed by atoms with Gasteiger partial charge in [-0.05, 0) is 60.2 Å². The van der Waals surface area contributed by atoms with Crippen LogP contribution in [0.4, 0.5) is 11.4 Å². The van der Waals surface area contributed by atoms with Crippen LogP contribution in [0.15, 0.2) is 101 Å². The van der Waals surface area contributed by atoms with Gasteiger partial charge in [0.1, 0.15) is 11.5 Å². The highest BCUT2D eigenvalue weighted by atomic mass is 35.5. The number of halogens is 1. The molecule has 4 aromatic rings. The quantitative estimate of drug-likeness (QED) is 0.175. The van der Waals surface area contributed by atoms with Crippen LogP contribution in [0.25, 0.3) is 23.1 Å². The van der Waals surface area contributed by atoms with Crippen LogP contribution in [0.1, 0.15) is 21.7 Å². The number of carbonyl (C=O) groups excluding carboxylic acids is 1. The fourth-order valence-corrected chi connectivity index (χ4v) is 4.19. The Bertz CT molecular complexity index is 1600. The van der Waals surface area contributed by atoms with E-state index >= 15 is 0 Å². The highest BCUT2D eigenvalue weighted by Gasteiger charge is 2.31. The molecule has 0 spiro atoms. The number of nitro benzene ring substituents is 1. The number of aromatic carboxylic acids is 1. The maximum atomic E-state index is 13.6. The number of nitrogens with zero attached hydrogens (tertiary/aromatic N) is 2. The maximum Gasteiger partial charge on any atom is 0.337 e. The Labute approximate surface area is 215 Å². The lowest BCUT2D eigenvalue weighted by Crippen LogP contribution is -2.25. The average Bonchev–Trinajstić information content (AvgIpc) is 3.50. The van der Waals surface area contributed by atoms with Gasteiger partial charge in [0, 0.05) is 23.3 Å². The minimum absolute atomic E-state index is 0.0267. The fourth-order valence-electron chi connectivity index (χ4n) is 4.00. The summed E-state index contributed by atoms with van der Waals surface area (Å²) in [5, 5.41) is 20.5. The lowest BCUT2D eigenvalue weighted by molar-refractivity contribution is -0.384. The molecule has 1 aromatic heterocycles. The standard InChI is InChI=1S/C28H17ClN2O6/c29-24-12-10-21(16-23(24)28(33)34)30-25(17-4-2-1-3-5-17)15-19(27(30)32)14-22-11-13-26(37-22)18-6-8-20(9-7-18)31(35)36/h1-16H,(H,33,34). The van der Waals surface area contributed by atoms with Crippen molar-refractivity contribution in [2.75, 3.05) is 4.90 Å². The molecule has 0 bridgehead atoms. The zero-order chi connectivity index (χ0) is 26.1. The number of carboxylic acid groups (broad SMARTS) is 1. The van der Waals surface area contributed by atoms with Crippen LogP contribution in [-0.4, -0.2) is 21.9 Å². The SMILES string of the molecule is O=C(O)c1cc(N2C(=O)C(=Cc3ccc(-c4ccc([N+](=O)[O-])cc4)o3)C=C2c2ccccc2)ccc1Cl. The lowest BCUT2D eigenvalue weighted by Gasteiger charge is -2.21. The first-order valence-electron chi connectivity index (χ1n) is 11.0. The fraction of sp³-hybridized carbons (Fsp3) is 0. The monoisotopic (exact) mass is 512 g/mol. The van der Waals surface area contributed by atoms with E-state index in [2.05, 4.69) is 0 Å². The molecule has 3 aromatic carbocycles. The molecule has 1 N–H and O–H groups in total. The van der Waals surface area contributed by atoms with Gasteiger partial charge in [0.15, 0.2) is 0 Å². The second kappa shape index (κ2) is 9.60. The normalized spacial score (nSPS) is 14.2. The molecule has 37 heavy (non-hydrogen) atoms. The van der Waals surface area contributed by atoms with Crippen molar-refractivity contribution in [3.05, 3.63) is 129 Å². The lowest BCUT2D eigenvalue weighted by atomic mass is 10.1. The van der Waals surface area contributed by atoms with Crippen LogP contribution in [0.3, 0.4) is 0 Å². The van der Waals surface area contributed by atoms with E-state index in [1.165, 1.54) is 29.2 Å². The minimum atomic E-state index is -1.20. The number of non-ortho nitro benzene ring substituents is 1. The number of hydrogen-bond acceptors (Lipinski definition) is 5. The van der Waals surface area contributed by atoms with Gasteiger partial charge in [0.05, 0.1) is 26.9 Å². The molecule has 0 aliphatic carbocycles. The third kappa shape index (κ3) is 4.65. The van der Waals surface area contributed by atoms with Crippen LogP contribution >= 0.6 is 11.6 Å². The summed E-state index contributed by atoms with van der Waals surface area (Å²) in [5.41, 5.74) is 2.52. The molecule has 0 unspecified atom stereocenters. The van der Waals surface area contributed by atoms with Crippen molar-refractivity contribution in [2.24, 2.45) is 0 Å². The van der Waals surface area contributed by atoms with Crippen molar-refractivity contribution < 1.29 is 24.0 Å². The van der Waals surface area contributed by atoms with E-state index in [0.717, 1.165) is 5.56 Å². The third-order valence-corrected chi connectivity index (χ3v) is 6.11. The zero-order valence-electron chi connectivity index (χ0n) is 19.0. The summed E-state index contributed by atoms with van der Waals surface area (Å²) in [6.45, 7) is 0. The first kappa shape index (κ1) is 23.8. The van der Waals surface area contributed by atoms with Crippen molar-refractivity contribution in [3.8, 4) is 11.3 Å². The van der Waals surface area contributed by atoms with Crippen molar-refractivity contribution >= 4 is 46.6 Å². The molecule has 2 heterocycles. The van der Waals surface area contributed by atoms with Gasteiger partial charge in [-0.1, -0.05) is 41.9 Å². The molecule has 182 valence electrons. The topological polar surface area (TPSA) is 114 Å². The van der Waals surface area contributed by atoms with Gasteiger partial charge < -0.3 is 9.52 Å². The summed E-state index contributed by atoms with van der Waals surface area (Å²) >= 11 is 6.04. The zero-order valence-corrected chi connectivity index (χ0v) is 19.8. The van der Waals surface area contributed by atoms with E-state index < -0.39 is 10.9 Å².